The third-order valence-corrected chi connectivity index (χ3v) is 6.37. The molecule has 6 nitrogen and oxygen atoms in total. The molecule has 1 aliphatic carbocycles. The predicted octanol–water partition coefficient (Wildman–Crippen LogP) is 5.91. The van der Waals surface area contributed by atoms with Gasteiger partial charge < -0.3 is 16.1 Å². The number of fused-ring (bicyclic) bond motifs is 2. The van der Waals surface area contributed by atoms with Crippen LogP contribution in [0.3, 0.4) is 0 Å². The number of hydrogen-bond donors (Lipinski definition) is 2. The average Bonchev–Trinajstić information content (AvgIpc) is 3.14. The van der Waals surface area contributed by atoms with Gasteiger partial charge in [0.25, 0.3) is 0 Å². The van der Waals surface area contributed by atoms with E-state index in [0.717, 1.165) is 54.1 Å². The lowest BCUT2D eigenvalue weighted by Gasteiger charge is -2.14. The van der Waals surface area contributed by atoms with E-state index in [9.17, 15) is 0 Å². The standard InChI is InChI=1S/C28H31N3.C2H7N3/c1-7-10-24-20(6)25-14-11-21(16-23(25)13-12-22(24)8-2)17-31-26(9-3)30-27-18(4)15-19(5)29-28(27)31;1-2(3)5-4/h7-8,10-11,14-16H,2,6,9,12-13,17H2,1,3-5H3;4H2,1H3,(H2,3,5)/b10-7-;. The first-order valence-electron chi connectivity index (χ1n) is 12.4. The average molecular weight is 483 g/mol. The molecule has 2 heterocycles. The van der Waals surface area contributed by atoms with Crippen LogP contribution in [0, 0.1) is 13.8 Å². The maximum atomic E-state index is 4.92. The maximum Gasteiger partial charge on any atom is 0.160 e. The van der Waals surface area contributed by atoms with E-state index in [0.29, 0.717) is 5.84 Å². The number of allylic oxidation sites excluding steroid dienone is 6. The molecule has 0 radical (unpaired) electrons. The fourth-order valence-electron chi connectivity index (χ4n) is 4.64. The van der Waals surface area contributed by atoms with Gasteiger partial charge in [0, 0.05) is 12.1 Å². The zero-order chi connectivity index (χ0) is 26.4. The normalized spacial score (nSPS) is 14.0. The summed E-state index contributed by atoms with van der Waals surface area (Å²) in [5.74, 6) is 6.13. The SMILES string of the molecule is C/C(N)=N/N.C=CC1=C(/C=C\C)C(=C)c2ccc(Cn3c(CC)nc4c(C)cc(C)nc43)cc2CC1. The van der Waals surface area contributed by atoms with Gasteiger partial charge in [-0.25, -0.2) is 9.97 Å². The number of hydrogen-bond acceptors (Lipinski definition) is 4. The topological polar surface area (TPSA) is 95.1 Å². The molecule has 4 rings (SSSR count). The highest BCUT2D eigenvalue weighted by Crippen LogP contribution is 2.35. The second-order valence-electron chi connectivity index (χ2n) is 9.10. The molecular formula is C30H38N6. The molecule has 0 atom stereocenters. The van der Waals surface area contributed by atoms with Gasteiger partial charge in [0.1, 0.15) is 17.2 Å². The van der Waals surface area contributed by atoms with Crippen molar-refractivity contribution in [2.75, 3.05) is 0 Å². The molecule has 36 heavy (non-hydrogen) atoms. The Bertz CT molecular complexity index is 1380. The van der Waals surface area contributed by atoms with Crippen molar-refractivity contribution in [2.45, 2.75) is 60.4 Å². The molecule has 4 N–H and O–H groups in total. The van der Waals surface area contributed by atoms with E-state index in [-0.39, 0.29) is 0 Å². The van der Waals surface area contributed by atoms with Crippen molar-refractivity contribution in [3.63, 3.8) is 0 Å². The lowest BCUT2D eigenvalue weighted by atomic mass is 9.93. The Morgan fingerprint density at radius 2 is 1.92 bits per heavy atom. The number of amidine groups is 1. The molecule has 0 saturated heterocycles. The van der Waals surface area contributed by atoms with Crippen LogP contribution in [0.2, 0.25) is 0 Å². The van der Waals surface area contributed by atoms with Crippen LogP contribution in [0.1, 0.15) is 61.0 Å². The molecule has 188 valence electrons. The van der Waals surface area contributed by atoms with Crippen LogP contribution in [0.15, 0.2) is 71.9 Å². The largest absolute Gasteiger partial charge is 0.386 e. The number of rotatable bonds is 5. The van der Waals surface area contributed by atoms with E-state index >= 15 is 0 Å². The van der Waals surface area contributed by atoms with Crippen molar-refractivity contribution in [3.05, 3.63) is 101 Å². The summed E-state index contributed by atoms with van der Waals surface area (Å²) in [5, 5.41) is 3.08. The third kappa shape index (κ3) is 5.65. The summed E-state index contributed by atoms with van der Waals surface area (Å²) >= 11 is 0. The number of imidazole rings is 1. The molecule has 0 unspecified atom stereocenters. The summed E-state index contributed by atoms with van der Waals surface area (Å²) in [7, 11) is 0. The molecule has 0 fully saturated rings. The fraction of sp³-hybridized carbons (Fsp3) is 0.300. The van der Waals surface area contributed by atoms with Crippen LogP contribution in [0.5, 0.6) is 0 Å². The van der Waals surface area contributed by atoms with Crippen molar-refractivity contribution in [2.24, 2.45) is 16.7 Å². The molecule has 6 heteroatoms. The van der Waals surface area contributed by atoms with Gasteiger partial charge in [0.05, 0.1) is 6.54 Å². The first-order chi connectivity index (χ1) is 17.2. The Balaban J connectivity index is 0.000000658. The molecule has 1 aromatic carbocycles. The van der Waals surface area contributed by atoms with Crippen molar-refractivity contribution >= 4 is 22.6 Å². The minimum absolute atomic E-state index is 0.407. The van der Waals surface area contributed by atoms with Gasteiger partial charge in [-0.05, 0) is 85.6 Å². The van der Waals surface area contributed by atoms with Gasteiger partial charge in [0.15, 0.2) is 5.65 Å². The first kappa shape index (κ1) is 26.7. The number of aryl methyl sites for hydroxylation is 4. The number of aromatic nitrogens is 3. The monoisotopic (exact) mass is 482 g/mol. The quantitative estimate of drug-likeness (QED) is 0.204. The molecule has 3 aromatic rings. The maximum absolute atomic E-state index is 4.92. The number of pyridine rings is 1. The van der Waals surface area contributed by atoms with E-state index in [1.807, 2.05) is 13.0 Å². The van der Waals surface area contributed by atoms with Crippen molar-refractivity contribution in [1.29, 1.82) is 0 Å². The van der Waals surface area contributed by atoms with Gasteiger partial charge >= 0.3 is 0 Å². The number of hydrazone groups is 1. The van der Waals surface area contributed by atoms with Crippen LogP contribution in [0.25, 0.3) is 16.7 Å². The van der Waals surface area contributed by atoms with Crippen LogP contribution in [0.4, 0.5) is 0 Å². The van der Waals surface area contributed by atoms with E-state index < -0.39 is 0 Å². The second-order valence-corrected chi connectivity index (χ2v) is 9.10. The molecule has 0 aliphatic heterocycles. The minimum Gasteiger partial charge on any atom is -0.386 e. The Labute approximate surface area is 214 Å². The van der Waals surface area contributed by atoms with E-state index in [4.69, 9.17) is 15.7 Å². The summed E-state index contributed by atoms with van der Waals surface area (Å²) < 4.78 is 2.28. The third-order valence-electron chi connectivity index (χ3n) is 6.37. The first-order valence-corrected chi connectivity index (χ1v) is 12.4. The fourth-order valence-corrected chi connectivity index (χ4v) is 4.64. The molecule has 1 aliphatic rings. The van der Waals surface area contributed by atoms with Crippen LogP contribution in [-0.2, 0) is 19.4 Å². The number of nitrogens with two attached hydrogens (primary N) is 2. The van der Waals surface area contributed by atoms with Gasteiger partial charge in [-0.15, -0.1) is 0 Å². The summed E-state index contributed by atoms with van der Waals surface area (Å²) in [6.45, 7) is 19.2. The second kappa shape index (κ2) is 11.7. The molecule has 0 bridgehead atoms. The van der Waals surface area contributed by atoms with Gasteiger partial charge in [-0.1, -0.05) is 56.5 Å². The molecule has 2 aromatic heterocycles. The van der Waals surface area contributed by atoms with Crippen molar-refractivity contribution < 1.29 is 0 Å². The zero-order valence-corrected chi connectivity index (χ0v) is 22.2. The Kier molecular flexibility index (Phi) is 8.64. The highest BCUT2D eigenvalue weighted by atomic mass is 15.1. The molecule has 0 saturated carbocycles. The lowest BCUT2D eigenvalue weighted by Crippen LogP contribution is -2.07. The minimum atomic E-state index is 0.407. The summed E-state index contributed by atoms with van der Waals surface area (Å²) in [4.78, 5) is 9.72. The van der Waals surface area contributed by atoms with Crippen molar-refractivity contribution in [1.82, 2.24) is 14.5 Å². The highest BCUT2D eigenvalue weighted by molar-refractivity contribution is 5.84. The zero-order valence-electron chi connectivity index (χ0n) is 22.2. The van der Waals surface area contributed by atoms with Crippen LogP contribution in [-0.4, -0.2) is 20.4 Å². The highest BCUT2D eigenvalue weighted by Gasteiger charge is 2.18. The predicted molar refractivity (Wildman–Crippen MR) is 153 cm³/mol. The Morgan fingerprint density at radius 3 is 2.53 bits per heavy atom. The van der Waals surface area contributed by atoms with Crippen LogP contribution < -0.4 is 11.6 Å². The van der Waals surface area contributed by atoms with Crippen LogP contribution >= 0.6 is 0 Å². The summed E-state index contributed by atoms with van der Waals surface area (Å²) in [6.07, 6.45) is 9.07. The number of benzene rings is 1. The smallest absolute Gasteiger partial charge is 0.160 e. The Hall–Kier alpha value is -3.93. The Morgan fingerprint density at radius 1 is 1.19 bits per heavy atom. The molecular weight excluding hydrogens is 444 g/mol. The number of nitrogens with zero attached hydrogens (tertiary/aromatic N) is 4. The molecule has 0 amide bonds. The van der Waals surface area contributed by atoms with Gasteiger partial charge in [-0.3, -0.25) is 0 Å². The summed E-state index contributed by atoms with van der Waals surface area (Å²) in [6, 6.07) is 8.91. The van der Waals surface area contributed by atoms with Gasteiger partial charge in [-0.2, -0.15) is 5.10 Å². The summed E-state index contributed by atoms with van der Waals surface area (Å²) in [5.41, 5.74) is 16.6. The van der Waals surface area contributed by atoms with E-state index in [1.165, 1.54) is 33.4 Å². The van der Waals surface area contributed by atoms with E-state index in [2.05, 4.69) is 85.9 Å². The molecule has 0 spiro atoms. The van der Waals surface area contributed by atoms with Gasteiger partial charge in [0.2, 0.25) is 0 Å². The lowest BCUT2D eigenvalue weighted by molar-refractivity contribution is 0.744. The van der Waals surface area contributed by atoms with Crippen molar-refractivity contribution in [3.8, 4) is 0 Å². The van der Waals surface area contributed by atoms with E-state index in [1.54, 1.807) is 6.92 Å².